The number of nitrogens with one attached hydrogen (secondary N) is 1. The Morgan fingerprint density at radius 2 is 1.73 bits per heavy atom. The highest BCUT2D eigenvalue weighted by molar-refractivity contribution is 6.02. The normalized spacial score (nSPS) is 15.6. The number of amides is 1. The van der Waals surface area contributed by atoms with Crippen LogP contribution in [0.5, 0.6) is 0 Å². The molecule has 1 atom stereocenters. The lowest BCUT2D eigenvalue weighted by molar-refractivity contribution is 0.0605. The molecule has 1 aliphatic heterocycles. The first kappa shape index (κ1) is 21.4. The molecule has 0 unspecified atom stereocenters. The molecule has 5 rings (SSSR count). The van der Waals surface area contributed by atoms with Crippen LogP contribution in [0.4, 0.5) is 4.39 Å². The standard InChI is InChI=1S/C28H27FN2O2/c1-18(2)33-17-7-16-31-27(21-8-3-4-9-22(21)28(31)32)25-23-10-5-6-11-24(23)30-26(25)19-12-14-20(29)15-13-19/h3-6,8-15,18,27,30H,7,16-17H2,1-2H3/t27-/m0/s1. The Morgan fingerprint density at radius 3 is 2.52 bits per heavy atom. The number of hydrogen-bond donors (Lipinski definition) is 1. The average Bonchev–Trinajstić information content (AvgIpc) is 3.32. The van der Waals surface area contributed by atoms with Gasteiger partial charge in [0.05, 0.1) is 17.8 Å². The SMILES string of the molecule is CC(C)OCCCN1C(=O)c2ccccc2[C@H]1c1c(-c2ccc(F)cc2)[nH]c2ccccc12. The molecule has 33 heavy (non-hydrogen) atoms. The molecule has 1 N–H and O–H groups in total. The number of carbonyl (C=O) groups excluding carboxylic acids is 1. The molecule has 0 spiro atoms. The third-order valence-electron chi connectivity index (χ3n) is 6.21. The monoisotopic (exact) mass is 442 g/mol. The molecule has 0 bridgehead atoms. The Hall–Kier alpha value is -3.44. The maximum absolute atomic E-state index is 13.7. The average molecular weight is 443 g/mol. The van der Waals surface area contributed by atoms with Gasteiger partial charge in [-0.3, -0.25) is 4.79 Å². The second-order valence-corrected chi connectivity index (χ2v) is 8.73. The lowest BCUT2D eigenvalue weighted by atomic mass is 9.93. The third-order valence-corrected chi connectivity index (χ3v) is 6.21. The largest absolute Gasteiger partial charge is 0.379 e. The minimum absolute atomic E-state index is 0.0375. The minimum Gasteiger partial charge on any atom is -0.379 e. The topological polar surface area (TPSA) is 45.3 Å². The summed E-state index contributed by atoms with van der Waals surface area (Å²) in [5.41, 5.74) is 5.58. The van der Waals surface area contributed by atoms with Crippen LogP contribution < -0.4 is 0 Å². The van der Waals surface area contributed by atoms with Gasteiger partial charge in [0.1, 0.15) is 5.82 Å². The molecular formula is C28H27FN2O2. The minimum atomic E-state index is -0.274. The zero-order valence-electron chi connectivity index (χ0n) is 18.8. The lowest BCUT2D eigenvalue weighted by Crippen LogP contribution is -2.30. The molecule has 1 aliphatic rings. The molecular weight excluding hydrogens is 415 g/mol. The zero-order chi connectivity index (χ0) is 22.9. The van der Waals surface area contributed by atoms with Crippen molar-refractivity contribution in [2.75, 3.05) is 13.2 Å². The van der Waals surface area contributed by atoms with Crippen molar-refractivity contribution in [3.05, 3.63) is 95.3 Å². The van der Waals surface area contributed by atoms with Crippen LogP contribution in [0.15, 0.2) is 72.8 Å². The van der Waals surface area contributed by atoms with Crippen molar-refractivity contribution in [2.45, 2.75) is 32.4 Å². The van der Waals surface area contributed by atoms with Crippen LogP contribution in [-0.2, 0) is 4.74 Å². The lowest BCUT2D eigenvalue weighted by Gasteiger charge is -2.27. The van der Waals surface area contributed by atoms with E-state index in [1.54, 1.807) is 12.1 Å². The maximum Gasteiger partial charge on any atom is 0.255 e. The summed E-state index contributed by atoms with van der Waals surface area (Å²) in [4.78, 5) is 19.0. The number of aromatic nitrogens is 1. The number of carbonyl (C=O) groups is 1. The van der Waals surface area contributed by atoms with E-state index < -0.39 is 0 Å². The van der Waals surface area contributed by atoms with Crippen LogP contribution in [0.3, 0.4) is 0 Å². The van der Waals surface area contributed by atoms with Gasteiger partial charge < -0.3 is 14.6 Å². The van der Waals surface area contributed by atoms with Crippen LogP contribution in [0.25, 0.3) is 22.2 Å². The number of H-pyrrole nitrogens is 1. The highest BCUT2D eigenvalue weighted by atomic mass is 19.1. The van der Waals surface area contributed by atoms with E-state index in [9.17, 15) is 9.18 Å². The van der Waals surface area contributed by atoms with Crippen LogP contribution >= 0.6 is 0 Å². The molecule has 4 aromatic rings. The summed E-state index contributed by atoms with van der Waals surface area (Å²) >= 11 is 0. The number of hydrogen-bond acceptors (Lipinski definition) is 2. The quantitative estimate of drug-likeness (QED) is 0.340. The third kappa shape index (κ3) is 3.93. The van der Waals surface area contributed by atoms with E-state index in [1.807, 2.05) is 61.2 Å². The van der Waals surface area contributed by atoms with Gasteiger partial charge in [-0.15, -0.1) is 0 Å². The Morgan fingerprint density at radius 1 is 1.00 bits per heavy atom. The summed E-state index contributed by atoms with van der Waals surface area (Å²) in [6, 6.07) is 22.2. The summed E-state index contributed by atoms with van der Waals surface area (Å²) in [5.74, 6) is -0.236. The number of benzene rings is 3. The van der Waals surface area contributed by atoms with E-state index in [4.69, 9.17) is 4.74 Å². The van der Waals surface area contributed by atoms with Crippen molar-refractivity contribution in [3.63, 3.8) is 0 Å². The Labute approximate surface area is 193 Å². The number of fused-ring (bicyclic) bond motifs is 2. The predicted octanol–water partition coefficient (Wildman–Crippen LogP) is 6.33. The second kappa shape index (κ2) is 8.83. The molecule has 3 aromatic carbocycles. The summed E-state index contributed by atoms with van der Waals surface area (Å²) < 4.78 is 19.4. The van der Waals surface area contributed by atoms with Crippen molar-refractivity contribution >= 4 is 16.8 Å². The Bertz CT molecular complexity index is 1290. The van der Waals surface area contributed by atoms with Crippen LogP contribution in [-0.4, -0.2) is 35.0 Å². The van der Waals surface area contributed by atoms with Gasteiger partial charge in [-0.05, 0) is 67.8 Å². The molecule has 2 heterocycles. The van der Waals surface area contributed by atoms with E-state index >= 15 is 0 Å². The highest BCUT2D eigenvalue weighted by Gasteiger charge is 2.39. The summed E-state index contributed by atoms with van der Waals surface area (Å²) in [5, 5.41) is 1.06. The summed E-state index contributed by atoms with van der Waals surface area (Å²) in [6.45, 7) is 5.22. The zero-order valence-corrected chi connectivity index (χ0v) is 18.8. The molecule has 168 valence electrons. The molecule has 0 saturated carbocycles. The number of rotatable bonds is 7. The van der Waals surface area contributed by atoms with E-state index in [0.29, 0.717) is 13.2 Å². The molecule has 0 fully saturated rings. The van der Waals surface area contributed by atoms with Gasteiger partial charge in [-0.25, -0.2) is 4.39 Å². The van der Waals surface area contributed by atoms with Crippen LogP contribution in [0.2, 0.25) is 0 Å². The number of aromatic amines is 1. The first-order valence-corrected chi connectivity index (χ1v) is 11.4. The fraction of sp³-hybridized carbons (Fsp3) is 0.250. The molecule has 0 aliphatic carbocycles. The van der Waals surface area contributed by atoms with Crippen molar-refractivity contribution in [1.82, 2.24) is 9.88 Å². The van der Waals surface area contributed by atoms with E-state index in [0.717, 1.165) is 45.3 Å². The molecule has 1 aromatic heterocycles. The number of para-hydroxylation sites is 1. The van der Waals surface area contributed by atoms with Crippen molar-refractivity contribution < 1.29 is 13.9 Å². The van der Waals surface area contributed by atoms with Crippen molar-refractivity contribution in [2.24, 2.45) is 0 Å². The van der Waals surface area contributed by atoms with Gasteiger partial charge in [0, 0.05) is 35.2 Å². The van der Waals surface area contributed by atoms with Crippen molar-refractivity contribution in [3.8, 4) is 11.3 Å². The molecule has 0 saturated heterocycles. The summed E-state index contributed by atoms with van der Waals surface area (Å²) in [6.07, 6.45) is 0.911. The van der Waals surface area contributed by atoms with Crippen LogP contribution in [0, 0.1) is 5.82 Å². The van der Waals surface area contributed by atoms with E-state index in [1.165, 1.54) is 12.1 Å². The van der Waals surface area contributed by atoms with Gasteiger partial charge in [0.25, 0.3) is 5.91 Å². The molecule has 5 heteroatoms. The fourth-order valence-corrected chi connectivity index (χ4v) is 4.76. The molecule has 0 radical (unpaired) electrons. The Balaban J connectivity index is 1.65. The van der Waals surface area contributed by atoms with E-state index in [-0.39, 0.29) is 23.9 Å². The smallest absolute Gasteiger partial charge is 0.255 e. The first-order valence-electron chi connectivity index (χ1n) is 11.4. The number of ether oxygens (including phenoxy) is 1. The van der Waals surface area contributed by atoms with Crippen molar-refractivity contribution in [1.29, 1.82) is 0 Å². The van der Waals surface area contributed by atoms with Gasteiger partial charge in [-0.1, -0.05) is 36.4 Å². The molecule has 4 nitrogen and oxygen atoms in total. The predicted molar refractivity (Wildman–Crippen MR) is 129 cm³/mol. The second-order valence-electron chi connectivity index (χ2n) is 8.73. The summed E-state index contributed by atoms with van der Waals surface area (Å²) in [7, 11) is 0. The maximum atomic E-state index is 13.7. The fourth-order valence-electron chi connectivity index (χ4n) is 4.76. The van der Waals surface area contributed by atoms with Gasteiger partial charge in [-0.2, -0.15) is 0 Å². The number of nitrogens with zero attached hydrogens (tertiary/aromatic N) is 1. The van der Waals surface area contributed by atoms with E-state index in [2.05, 4.69) is 11.1 Å². The van der Waals surface area contributed by atoms with Gasteiger partial charge >= 0.3 is 0 Å². The van der Waals surface area contributed by atoms with Gasteiger partial charge in [0.15, 0.2) is 0 Å². The Kier molecular flexibility index (Phi) is 5.73. The van der Waals surface area contributed by atoms with Crippen LogP contribution in [0.1, 0.15) is 47.8 Å². The highest BCUT2D eigenvalue weighted by Crippen LogP contribution is 2.45. The number of halogens is 1. The first-order chi connectivity index (χ1) is 16.0. The van der Waals surface area contributed by atoms with Gasteiger partial charge in [0.2, 0.25) is 0 Å². The molecule has 1 amide bonds.